The van der Waals surface area contributed by atoms with Crippen LogP contribution in [0.4, 0.5) is 4.39 Å². The number of halogens is 2. The zero-order valence-electron chi connectivity index (χ0n) is 8.21. The summed E-state index contributed by atoms with van der Waals surface area (Å²) in [6.45, 7) is 1.39. The third kappa shape index (κ3) is 2.92. The number of benzene rings is 1. The molecule has 1 aliphatic heterocycles. The summed E-state index contributed by atoms with van der Waals surface area (Å²) >= 11 is 3.21. The van der Waals surface area contributed by atoms with Crippen molar-refractivity contribution >= 4 is 15.9 Å². The molecule has 0 saturated carbocycles. The molecule has 0 N–H and O–H groups in total. The van der Waals surface area contributed by atoms with Crippen LogP contribution in [0.5, 0.6) is 5.75 Å². The summed E-state index contributed by atoms with van der Waals surface area (Å²) in [5, 5.41) is 0. The third-order valence-corrected chi connectivity index (χ3v) is 2.85. The van der Waals surface area contributed by atoms with Crippen LogP contribution in [0, 0.1) is 5.82 Å². The summed E-state index contributed by atoms with van der Waals surface area (Å²) in [4.78, 5) is 0. The van der Waals surface area contributed by atoms with Crippen molar-refractivity contribution in [1.82, 2.24) is 0 Å². The minimum Gasteiger partial charge on any atom is -0.487 e. The highest BCUT2D eigenvalue weighted by molar-refractivity contribution is 9.10. The average molecular weight is 275 g/mol. The van der Waals surface area contributed by atoms with Gasteiger partial charge in [-0.3, -0.25) is 0 Å². The van der Waals surface area contributed by atoms with E-state index in [1.807, 2.05) is 0 Å². The standard InChI is InChI=1S/C11H12BrFO2/c12-8-1-2-11(10(13)7-8)15-9-3-5-14-6-4-9/h1-2,7,9H,3-6H2. The Bertz CT molecular complexity index is 337. The molecular weight excluding hydrogens is 263 g/mol. The Hall–Kier alpha value is -0.610. The smallest absolute Gasteiger partial charge is 0.166 e. The molecule has 1 aromatic rings. The predicted octanol–water partition coefficient (Wildman–Crippen LogP) is 3.15. The van der Waals surface area contributed by atoms with Crippen LogP contribution in [0.1, 0.15) is 12.8 Å². The van der Waals surface area contributed by atoms with E-state index in [9.17, 15) is 4.39 Å². The SMILES string of the molecule is Fc1cc(Br)ccc1OC1CCOCC1. The van der Waals surface area contributed by atoms with Crippen molar-refractivity contribution in [2.45, 2.75) is 18.9 Å². The molecule has 2 nitrogen and oxygen atoms in total. The van der Waals surface area contributed by atoms with Gasteiger partial charge < -0.3 is 9.47 Å². The first kappa shape index (κ1) is 10.9. The molecule has 2 rings (SSSR count). The van der Waals surface area contributed by atoms with Crippen molar-refractivity contribution in [2.24, 2.45) is 0 Å². The topological polar surface area (TPSA) is 18.5 Å². The fraction of sp³-hybridized carbons (Fsp3) is 0.455. The van der Waals surface area contributed by atoms with E-state index in [2.05, 4.69) is 15.9 Å². The van der Waals surface area contributed by atoms with Gasteiger partial charge >= 0.3 is 0 Å². The number of rotatable bonds is 2. The molecule has 0 radical (unpaired) electrons. The van der Waals surface area contributed by atoms with Gasteiger partial charge in [0.15, 0.2) is 11.6 Å². The Morgan fingerprint density at radius 2 is 2.07 bits per heavy atom. The van der Waals surface area contributed by atoms with E-state index in [0.29, 0.717) is 19.0 Å². The Kier molecular flexibility index (Phi) is 3.59. The lowest BCUT2D eigenvalue weighted by molar-refractivity contribution is 0.0240. The Morgan fingerprint density at radius 3 is 2.73 bits per heavy atom. The first-order valence-electron chi connectivity index (χ1n) is 4.95. The number of hydrogen-bond acceptors (Lipinski definition) is 2. The second kappa shape index (κ2) is 4.94. The summed E-state index contributed by atoms with van der Waals surface area (Å²) in [6, 6.07) is 4.83. The van der Waals surface area contributed by atoms with Crippen molar-refractivity contribution in [2.75, 3.05) is 13.2 Å². The molecule has 1 aliphatic rings. The monoisotopic (exact) mass is 274 g/mol. The van der Waals surface area contributed by atoms with Crippen LogP contribution in [0.25, 0.3) is 0 Å². The van der Waals surface area contributed by atoms with E-state index >= 15 is 0 Å². The van der Waals surface area contributed by atoms with Crippen molar-refractivity contribution in [3.8, 4) is 5.75 Å². The van der Waals surface area contributed by atoms with Crippen molar-refractivity contribution in [1.29, 1.82) is 0 Å². The van der Waals surface area contributed by atoms with Crippen LogP contribution >= 0.6 is 15.9 Å². The van der Waals surface area contributed by atoms with Crippen molar-refractivity contribution in [3.05, 3.63) is 28.5 Å². The number of ether oxygens (including phenoxy) is 2. The molecule has 1 saturated heterocycles. The van der Waals surface area contributed by atoms with E-state index in [0.717, 1.165) is 17.3 Å². The molecule has 1 aromatic carbocycles. The van der Waals surface area contributed by atoms with Crippen molar-refractivity contribution in [3.63, 3.8) is 0 Å². The van der Waals surface area contributed by atoms with Crippen LogP contribution in [0.3, 0.4) is 0 Å². The third-order valence-electron chi connectivity index (χ3n) is 2.36. The average Bonchev–Trinajstić information content (AvgIpc) is 2.24. The molecule has 4 heteroatoms. The molecule has 0 aromatic heterocycles. The van der Waals surface area contributed by atoms with Crippen LogP contribution in [-0.2, 0) is 4.74 Å². The lowest BCUT2D eigenvalue weighted by Crippen LogP contribution is -2.26. The molecule has 0 bridgehead atoms. The summed E-state index contributed by atoms with van der Waals surface area (Å²) in [6.07, 6.45) is 1.74. The highest BCUT2D eigenvalue weighted by Crippen LogP contribution is 2.24. The first-order chi connectivity index (χ1) is 7.25. The zero-order chi connectivity index (χ0) is 10.7. The molecular formula is C11H12BrFO2. The van der Waals surface area contributed by atoms with Gasteiger partial charge in [0.05, 0.1) is 13.2 Å². The highest BCUT2D eigenvalue weighted by Gasteiger charge is 2.16. The van der Waals surface area contributed by atoms with Gasteiger partial charge in [-0.15, -0.1) is 0 Å². The Balaban J connectivity index is 2.03. The quantitative estimate of drug-likeness (QED) is 0.825. The van der Waals surface area contributed by atoms with Crippen LogP contribution < -0.4 is 4.74 Å². The van der Waals surface area contributed by atoms with E-state index < -0.39 is 0 Å². The largest absolute Gasteiger partial charge is 0.487 e. The minimum absolute atomic E-state index is 0.0782. The molecule has 0 unspecified atom stereocenters. The normalized spacial score (nSPS) is 17.7. The molecule has 1 fully saturated rings. The maximum absolute atomic E-state index is 13.4. The van der Waals surface area contributed by atoms with Gasteiger partial charge in [0.1, 0.15) is 6.10 Å². The fourth-order valence-electron chi connectivity index (χ4n) is 1.54. The second-order valence-corrected chi connectivity index (χ2v) is 4.42. The van der Waals surface area contributed by atoms with Crippen LogP contribution in [0.2, 0.25) is 0 Å². The minimum atomic E-state index is -0.323. The Morgan fingerprint density at radius 1 is 1.33 bits per heavy atom. The van der Waals surface area contributed by atoms with Gasteiger partial charge in [0.25, 0.3) is 0 Å². The van der Waals surface area contributed by atoms with Crippen molar-refractivity contribution < 1.29 is 13.9 Å². The van der Waals surface area contributed by atoms with Gasteiger partial charge in [-0.2, -0.15) is 0 Å². The van der Waals surface area contributed by atoms with Crippen LogP contribution in [-0.4, -0.2) is 19.3 Å². The highest BCUT2D eigenvalue weighted by atomic mass is 79.9. The summed E-state index contributed by atoms with van der Waals surface area (Å²) in [5.41, 5.74) is 0. The van der Waals surface area contributed by atoms with E-state index in [1.165, 1.54) is 6.07 Å². The lowest BCUT2D eigenvalue weighted by Gasteiger charge is -2.23. The maximum Gasteiger partial charge on any atom is 0.166 e. The second-order valence-electron chi connectivity index (χ2n) is 3.50. The van der Waals surface area contributed by atoms with Gasteiger partial charge in [0.2, 0.25) is 0 Å². The van der Waals surface area contributed by atoms with Gasteiger partial charge in [-0.05, 0) is 18.2 Å². The molecule has 0 atom stereocenters. The van der Waals surface area contributed by atoms with Gasteiger partial charge in [-0.25, -0.2) is 4.39 Å². The van der Waals surface area contributed by atoms with E-state index in [1.54, 1.807) is 12.1 Å². The summed E-state index contributed by atoms with van der Waals surface area (Å²) < 4.78 is 24.9. The fourth-order valence-corrected chi connectivity index (χ4v) is 1.88. The number of hydrogen-bond donors (Lipinski definition) is 0. The Labute approximate surface area is 96.5 Å². The van der Waals surface area contributed by atoms with Gasteiger partial charge in [-0.1, -0.05) is 15.9 Å². The molecule has 0 aliphatic carbocycles. The lowest BCUT2D eigenvalue weighted by atomic mass is 10.1. The molecule has 0 spiro atoms. The van der Waals surface area contributed by atoms with Crippen LogP contribution in [0.15, 0.2) is 22.7 Å². The maximum atomic E-state index is 13.4. The zero-order valence-corrected chi connectivity index (χ0v) is 9.80. The summed E-state index contributed by atoms with van der Waals surface area (Å²) in [7, 11) is 0. The van der Waals surface area contributed by atoms with E-state index in [-0.39, 0.29) is 11.9 Å². The molecule has 1 heterocycles. The predicted molar refractivity (Wildman–Crippen MR) is 58.6 cm³/mol. The molecule has 15 heavy (non-hydrogen) atoms. The molecule has 82 valence electrons. The van der Waals surface area contributed by atoms with Gasteiger partial charge in [0, 0.05) is 17.3 Å². The first-order valence-corrected chi connectivity index (χ1v) is 5.74. The summed E-state index contributed by atoms with van der Waals surface area (Å²) in [5.74, 6) is 0.000895. The van der Waals surface area contributed by atoms with E-state index in [4.69, 9.17) is 9.47 Å². The molecule has 0 amide bonds.